The van der Waals surface area contributed by atoms with Crippen LogP contribution in [0.2, 0.25) is 0 Å². The van der Waals surface area contributed by atoms with Crippen LogP contribution in [0, 0.1) is 23.7 Å². The van der Waals surface area contributed by atoms with E-state index in [4.69, 9.17) is 0 Å². The molecule has 0 saturated heterocycles. The van der Waals surface area contributed by atoms with E-state index in [0.717, 1.165) is 23.7 Å². The minimum Gasteiger partial charge on any atom is -0.100 e. The van der Waals surface area contributed by atoms with Crippen LogP contribution in [0.4, 0.5) is 0 Å². The van der Waals surface area contributed by atoms with Gasteiger partial charge in [-0.2, -0.15) is 0 Å². The van der Waals surface area contributed by atoms with Crippen molar-refractivity contribution in [1.29, 1.82) is 0 Å². The zero-order valence-electron chi connectivity index (χ0n) is 12.3. The molecule has 0 aromatic carbocycles. The maximum Gasteiger partial charge on any atom is -0.0323 e. The van der Waals surface area contributed by atoms with Crippen LogP contribution < -0.4 is 0 Å². The zero-order chi connectivity index (χ0) is 12.7. The van der Waals surface area contributed by atoms with Crippen molar-refractivity contribution < 1.29 is 0 Å². The summed E-state index contributed by atoms with van der Waals surface area (Å²) < 4.78 is 0. The lowest BCUT2D eigenvalue weighted by atomic mass is 9.78. The molecule has 0 aliphatic carbocycles. The van der Waals surface area contributed by atoms with Crippen LogP contribution in [0.3, 0.4) is 0 Å². The molecule has 0 heterocycles. The Morgan fingerprint density at radius 2 is 1.62 bits per heavy atom. The highest BCUT2D eigenvalue weighted by molar-refractivity contribution is 4.88. The Morgan fingerprint density at radius 1 is 1.06 bits per heavy atom. The molecule has 3 atom stereocenters. The molecule has 0 aromatic heterocycles. The molecule has 0 nitrogen and oxygen atoms in total. The number of allylic oxidation sites excluding steroid dienone is 1. The topological polar surface area (TPSA) is 0 Å². The van der Waals surface area contributed by atoms with Crippen LogP contribution in [-0.4, -0.2) is 0 Å². The van der Waals surface area contributed by atoms with Crippen LogP contribution in [0.25, 0.3) is 0 Å². The van der Waals surface area contributed by atoms with Gasteiger partial charge >= 0.3 is 0 Å². The first-order chi connectivity index (χ1) is 7.38. The Morgan fingerprint density at radius 3 is 2.00 bits per heavy atom. The van der Waals surface area contributed by atoms with Gasteiger partial charge in [0.15, 0.2) is 0 Å². The average Bonchev–Trinajstić information content (AvgIpc) is 2.21. The average molecular weight is 224 g/mol. The number of rotatable bonds is 8. The Kier molecular flexibility index (Phi) is 7.80. The van der Waals surface area contributed by atoms with Gasteiger partial charge in [0.2, 0.25) is 0 Å². The zero-order valence-corrected chi connectivity index (χ0v) is 12.3. The smallest absolute Gasteiger partial charge is 0.0323 e. The molecule has 0 aliphatic heterocycles. The molecule has 96 valence electrons. The van der Waals surface area contributed by atoms with Crippen LogP contribution in [0.1, 0.15) is 67.2 Å². The molecule has 0 radical (unpaired) electrons. The molecule has 0 aliphatic rings. The summed E-state index contributed by atoms with van der Waals surface area (Å²) in [7, 11) is 0. The van der Waals surface area contributed by atoms with Gasteiger partial charge in [0.25, 0.3) is 0 Å². The van der Waals surface area contributed by atoms with E-state index in [2.05, 4.69) is 48.1 Å². The van der Waals surface area contributed by atoms with Gasteiger partial charge in [-0.15, -0.1) is 6.58 Å². The fourth-order valence-electron chi connectivity index (χ4n) is 2.26. The molecule has 0 saturated carbocycles. The maximum absolute atomic E-state index is 4.00. The van der Waals surface area contributed by atoms with Crippen molar-refractivity contribution in [3.05, 3.63) is 12.2 Å². The minimum atomic E-state index is 0.822. The van der Waals surface area contributed by atoms with Crippen molar-refractivity contribution in [2.75, 3.05) is 0 Å². The van der Waals surface area contributed by atoms with Gasteiger partial charge in [0, 0.05) is 0 Å². The van der Waals surface area contributed by atoms with Gasteiger partial charge in [-0.05, 0) is 49.9 Å². The summed E-state index contributed by atoms with van der Waals surface area (Å²) in [5.74, 6) is 3.43. The predicted molar refractivity (Wildman–Crippen MR) is 75.6 cm³/mol. The van der Waals surface area contributed by atoms with Gasteiger partial charge in [0.1, 0.15) is 0 Å². The Hall–Kier alpha value is -0.260. The Labute approximate surface area is 104 Å². The first-order valence-electron chi connectivity index (χ1n) is 7.02. The molecule has 16 heavy (non-hydrogen) atoms. The molecule has 0 aromatic rings. The van der Waals surface area contributed by atoms with Gasteiger partial charge in [-0.25, -0.2) is 0 Å². The number of hydrogen-bond donors (Lipinski definition) is 0. The van der Waals surface area contributed by atoms with Crippen molar-refractivity contribution in [1.82, 2.24) is 0 Å². The van der Waals surface area contributed by atoms with Crippen molar-refractivity contribution in [2.24, 2.45) is 23.7 Å². The van der Waals surface area contributed by atoms with E-state index in [1.807, 2.05) is 0 Å². The summed E-state index contributed by atoms with van der Waals surface area (Å²) in [5, 5.41) is 0. The van der Waals surface area contributed by atoms with E-state index in [9.17, 15) is 0 Å². The second kappa shape index (κ2) is 7.92. The Bertz CT molecular complexity index is 190. The molecule has 0 rings (SSSR count). The standard InChI is InChI=1S/C16H32/c1-8-16(11-15(7)13(4)5)14(6)10-9-12(2)3/h13-16H,2,8-11H2,1,3-7H3. The van der Waals surface area contributed by atoms with Gasteiger partial charge < -0.3 is 0 Å². The maximum atomic E-state index is 4.00. The van der Waals surface area contributed by atoms with Crippen LogP contribution in [0.15, 0.2) is 12.2 Å². The number of hydrogen-bond acceptors (Lipinski definition) is 0. The molecule has 3 unspecified atom stereocenters. The van der Waals surface area contributed by atoms with E-state index in [0.29, 0.717) is 0 Å². The fraction of sp³-hybridized carbons (Fsp3) is 0.875. The second-order valence-electron chi connectivity index (χ2n) is 6.10. The van der Waals surface area contributed by atoms with Crippen LogP contribution in [0.5, 0.6) is 0 Å². The fourth-order valence-corrected chi connectivity index (χ4v) is 2.26. The van der Waals surface area contributed by atoms with Gasteiger partial charge in [-0.3, -0.25) is 0 Å². The van der Waals surface area contributed by atoms with Crippen LogP contribution >= 0.6 is 0 Å². The molecular formula is C16H32. The van der Waals surface area contributed by atoms with Crippen LogP contribution in [-0.2, 0) is 0 Å². The quantitative estimate of drug-likeness (QED) is 0.465. The summed E-state index contributed by atoms with van der Waals surface area (Å²) >= 11 is 0. The second-order valence-corrected chi connectivity index (χ2v) is 6.10. The molecule has 0 amide bonds. The summed E-state index contributed by atoms with van der Waals surface area (Å²) in [6, 6.07) is 0. The van der Waals surface area contributed by atoms with Gasteiger partial charge in [-0.1, -0.05) is 46.6 Å². The molecule has 0 bridgehead atoms. The lowest BCUT2D eigenvalue weighted by Gasteiger charge is -2.27. The summed E-state index contributed by atoms with van der Waals surface area (Å²) in [4.78, 5) is 0. The summed E-state index contributed by atoms with van der Waals surface area (Å²) in [6.45, 7) is 18.0. The third kappa shape index (κ3) is 6.35. The highest BCUT2D eigenvalue weighted by Gasteiger charge is 2.19. The molecule has 0 N–H and O–H groups in total. The van der Waals surface area contributed by atoms with Crippen molar-refractivity contribution in [3.63, 3.8) is 0 Å². The van der Waals surface area contributed by atoms with E-state index in [1.54, 1.807) is 0 Å². The van der Waals surface area contributed by atoms with E-state index < -0.39 is 0 Å². The van der Waals surface area contributed by atoms with Gasteiger partial charge in [0.05, 0.1) is 0 Å². The van der Waals surface area contributed by atoms with E-state index in [-0.39, 0.29) is 0 Å². The lowest BCUT2D eigenvalue weighted by molar-refractivity contribution is 0.240. The van der Waals surface area contributed by atoms with Crippen molar-refractivity contribution >= 4 is 0 Å². The highest BCUT2D eigenvalue weighted by Crippen LogP contribution is 2.30. The largest absolute Gasteiger partial charge is 0.100 e. The highest BCUT2D eigenvalue weighted by atomic mass is 14.2. The molecular weight excluding hydrogens is 192 g/mol. The Balaban J connectivity index is 4.10. The van der Waals surface area contributed by atoms with Crippen molar-refractivity contribution in [3.8, 4) is 0 Å². The minimum absolute atomic E-state index is 0.822. The monoisotopic (exact) mass is 224 g/mol. The normalized spacial score (nSPS) is 17.2. The van der Waals surface area contributed by atoms with E-state index >= 15 is 0 Å². The third-order valence-corrected chi connectivity index (χ3v) is 4.17. The SMILES string of the molecule is C=C(C)CCC(C)C(CC)CC(C)C(C)C. The summed E-state index contributed by atoms with van der Waals surface area (Å²) in [6.07, 6.45) is 5.24. The molecule has 0 heteroatoms. The summed E-state index contributed by atoms with van der Waals surface area (Å²) in [5.41, 5.74) is 1.33. The molecule has 0 spiro atoms. The first-order valence-corrected chi connectivity index (χ1v) is 7.02. The first kappa shape index (κ1) is 15.7. The molecule has 0 fully saturated rings. The predicted octanol–water partition coefficient (Wildman–Crippen LogP) is 5.69. The third-order valence-electron chi connectivity index (χ3n) is 4.17. The van der Waals surface area contributed by atoms with E-state index in [1.165, 1.54) is 31.3 Å². The lowest BCUT2D eigenvalue weighted by Crippen LogP contribution is -2.17. The van der Waals surface area contributed by atoms with Crippen molar-refractivity contribution in [2.45, 2.75) is 67.2 Å².